The molecule has 3 nitrogen and oxygen atoms in total. The second-order valence-corrected chi connectivity index (χ2v) is 4.39. The Balaban J connectivity index is 2.51. The van der Waals surface area contributed by atoms with E-state index in [0.29, 0.717) is 6.42 Å². The molecule has 4 heteroatoms. The first-order chi connectivity index (χ1) is 7.58. The highest BCUT2D eigenvalue weighted by atomic mass is 19.1. The Hall–Kier alpha value is -1.42. The molecule has 0 fully saturated rings. The largest absolute Gasteiger partial charge is 0.373 e. The third-order valence-corrected chi connectivity index (χ3v) is 3.34. The lowest BCUT2D eigenvalue weighted by molar-refractivity contribution is -0.151. The summed E-state index contributed by atoms with van der Waals surface area (Å²) in [5, 5.41) is 0. The normalized spacial score (nSPS) is 23.7. The summed E-state index contributed by atoms with van der Waals surface area (Å²) >= 11 is 0. The number of halogens is 1. The van der Waals surface area contributed by atoms with Crippen molar-refractivity contribution in [1.29, 1.82) is 0 Å². The molecule has 1 aliphatic rings. The molecule has 0 spiro atoms. The van der Waals surface area contributed by atoms with Crippen LogP contribution in [0.4, 0.5) is 4.39 Å². The molecule has 1 unspecified atom stereocenters. The fourth-order valence-electron chi connectivity index (χ4n) is 2.42. The summed E-state index contributed by atoms with van der Waals surface area (Å²) in [6.45, 7) is 1.79. The topological polar surface area (TPSA) is 52.3 Å². The van der Waals surface area contributed by atoms with Gasteiger partial charge in [0.1, 0.15) is 5.82 Å². The standard InChI is InChI=1S/C12H14FNO2/c1-12(11(15)16-14)6-2-3-8-7-9(13)4-5-10(8)12/h4-5,7H,2-3,6,14H2,1H3. The van der Waals surface area contributed by atoms with Gasteiger partial charge in [-0.2, -0.15) is 5.90 Å². The Bertz CT molecular complexity index is 433. The van der Waals surface area contributed by atoms with Crippen molar-refractivity contribution in [3.8, 4) is 0 Å². The Kier molecular flexibility index (Phi) is 2.68. The van der Waals surface area contributed by atoms with Crippen molar-refractivity contribution in [3.05, 3.63) is 35.1 Å². The predicted octanol–water partition coefficient (Wildman–Crippen LogP) is 1.84. The van der Waals surface area contributed by atoms with Crippen LogP contribution in [0.1, 0.15) is 30.9 Å². The predicted molar refractivity (Wildman–Crippen MR) is 57.0 cm³/mol. The SMILES string of the molecule is CC1(C(=O)ON)CCCc2cc(F)ccc21. The van der Waals surface area contributed by atoms with Crippen LogP contribution in [-0.2, 0) is 21.5 Å². The number of carbonyl (C=O) groups is 1. The van der Waals surface area contributed by atoms with Crippen molar-refractivity contribution in [2.75, 3.05) is 0 Å². The molecule has 1 aromatic carbocycles. The molecule has 1 aliphatic carbocycles. The molecule has 86 valence electrons. The zero-order chi connectivity index (χ0) is 11.8. The number of benzene rings is 1. The van der Waals surface area contributed by atoms with Gasteiger partial charge in [-0.25, -0.2) is 9.18 Å². The van der Waals surface area contributed by atoms with Crippen LogP contribution in [-0.4, -0.2) is 5.97 Å². The molecular formula is C12H14FNO2. The van der Waals surface area contributed by atoms with Gasteiger partial charge in [-0.3, -0.25) is 0 Å². The molecule has 16 heavy (non-hydrogen) atoms. The van der Waals surface area contributed by atoms with E-state index >= 15 is 0 Å². The lowest BCUT2D eigenvalue weighted by Crippen LogP contribution is -2.39. The van der Waals surface area contributed by atoms with Gasteiger partial charge in [0, 0.05) is 0 Å². The third-order valence-electron chi connectivity index (χ3n) is 3.34. The summed E-state index contributed by atoms with van der Waals surface area (Å²) < 4.78 is 13.1. The highest BCUT2D eigenvalue weighted by Gasteiger charge is 2.40. The van der Waals surface area contributed by atoms with E-state index in [1.165, 1.54) is 12.1 Å². The zero-order valence-corrected chi connectivity index (χ0v) is 9.13. The molecule has 0 radical (unpaired) electrons. The summed E-state index contributed by atoms with van der Waals surface area (Å²) in [5.74, 6) is 4.22. The van der Waals surface area contributed by atoms with Crippen molar-refractivity contribution in [2.24, 2.45) is 5.90 Å². The van der Waals surface area contributed by atoms with Gasteiger partial charge in [-0.1, -0.05) is 6.07 Å². The van der Waals surface area contributed by atoms with Crippen LogP contribution >= 0.6 is 0 Å². The Morgan fingerprint density at radius 1 is 1.56 bits per heavy atom. The minimum absolute atomic E-state index is 0.274. The smallest absolute Gasteiger partial charge is 0.334 e. The molecule has 0 aliphatic heterocycles. The summed E-state index contributed by atoms with van der Waals surface area (Å²) in [4.78, 5) is 16.0. The summed E-state index contributed by atoms with van der Waals surface area (Å²) in [7, 11) is 0. The second-order valence-electron chi connectivity index (χ2n) is 4.39. The van der Waals surface area contributed by atoms with Crippen LogP contribution in [0.5, 0.6) is 0 Å². The maximum absolute atomic E-state index is 13.1. The summed E-state index contributed by atoms with van der Waals surface area (Å²) in [6.07, 6.45) is 2.31. The van der Waals surface area contributed by atoms with E-state index in [1.807, 2.05) is 0 Å². The molecule has 0 aromatic heterocycles. The Labute approximate surface area is 93.3 Å². The maximum atomic E-state index is 13.1. The molecule has 2 rings (SSSR count). The van der Waals surface area contributed by atoms with Crippen molar-refractivity contribution in [1.82, 2.24) is 0 Å². The number of hydrogen-bond donors (Lipinski definition) is 1. The lowest BCUT2D eigenvalue weighted by atomic mass is 9.71. The number of carbonyl (C=O) groups excluding carboxylic acids is 1. The zero-order valence-electron chi connectivity index (χ0n) is 9.13. The van der Waals surface area contributed by atoms with Gasteiger partial charge in [0.25, 0.3) is 0 Å². The number of rotatable bonds is 1. The first kappa shape index (κ1) is 11.1. The summed E-state index contributed by atoms with van der Waals surface area (Å²) in [6, 6.07) is 4.50. The maximum Gasteiger partial charge on any atom is 0.334 e. The summed E-state index contributed by atoms with van der Waals surface area (Å²) in [5.41, 5.74) is 0.963. The number of aryl methyl sites for hydroxylation is 1. The second kappa shape index (κ2) is 3.87. The van der Waals surface area contributed by atoms with Gasteiger partial charge in [0.15, 0.2) is 0 Å². The third kappa shape index (κ3) is 1.59. The first-order valence-electron chi connectivity index (χ1n) is 5.28. The van der Waals surface area contributed by atoms with Crippen LogP contribution in [0, 0.1) is 5.82 Å². The van der Waals surface area contributed by atoms with Gasteiger partial charge in [-0.05, 0) is 49.4 Å². The van der Waals surface area contributed by atoms with E-state index in [1.54, 1.807) is 13.0 Å². The van der Waals surface area contributed by atoms with E-state index in [2.05, 4.69) is 4.84 Å². The molecule has 2 N–H and O–H groups in total. The van der Waals surface area contributed by atoms with Crippen LogP contribution in [0.15, 0.2) is 18.2 Å². The highest BCUT2D eigenvalue weighted by molar-refractivity contribution is 5.83. The number of nitrogens with two attached hydrogens (primary N) is 1. The van der Waals surface area contributed by atoms with E-state index in [4.69, 9.17) is 5.90 Å². The quantitative estimate of drug-likeness (QED) is 0.739. The van der Waals surface area contributed by atoms with Crippen LogP contribution < -0.4 is 5.90 Å². The van der Waals surface area contributed by atoms with Gasteiger partial charge < -0.3 is 4.84 Å². The lowest BCUT2D eigenvalue weighted by Gasteiger charge is -2.32. The molecule has 0 bridgehead atoms. The average molecular weight is 223 g/mol. The van der Waals surface area contributed by atoms with E-state index in [0.717, 1.165) is 24.0 Å². The van der Waals surface area contributed by atoms with Gasteiger partial charge in [-0.15, -0.1) is 0 Å². The number of hydrogen-bond acceptors (Lipinski definition) is 3. The monoisotopic (exact) mass is 223 g/mol. The number of fused-ring (bicyclic) bond motifs is 1. The van der Waals surface area contributed by atoms with Crippen molar-refractivity contribution >= 4 is 5.97 Å². The van der Waals surface area contributed by atoms with E-state index in [-0.39, 0.29) is 5.82 Å². The van der Waals surface area contributed by atoms with Crippen LogP contribution in [0.3, 0.4) is 0 Å². The fourth-order valence-corrected chi connectivity index (χ4v) is 2.42. The minimum atomic E-state index is -0.740. The van der Waals surface area contributed by atoms with Gasteiger partial charge >= 0.3 is 5.97 Å². The molecule has 0 heterocycles. The van der Waals surface area contributed by atoms with Gasteiger partial charge in [0.05, 0.1) is 5.41 Å². The highest BCUT2D eigenvalue weighted by Crippen LogP contribution is 2.38. The van der Waals surface area contributed by atoms with E-state index < -0.39 is 11.4 Å². The first-order valence-corrected chi connectivity index (χ1v) is 5.28. The van der Waals surface area contributed by atoms with E-state index in [9.17, 15) is 9.18 Å². The fraction of sp³-hybridized carbons (Fsp3) is 0.417. The minimum Gasteiger partial charge on any atom is -0.373 e. The molecule has 0 amide bonds. The Morgan fingerprint density at radius 3 is 3.00 bits per heavy atom. The molecular weight excluding hydrogens is 209 g/mol. The molecule has 1 aromatic rings. The van der Waals surface area contributed by atoms with Crippen LogP contribution in [0.25, 0.3) is 0 Å². The van der Waals surface area contributed by atoms with Crippen molar-refractivity contribution < 1.29 is 14.0 Å². The van der Waals surface area contributed by atoms with Gasteiger partial charge in [0.2, 0.25) is 0 Å². The molecule has 0 saturated carbocycles. The Morgan fingerprint density at radius 2 is 2.31 bits per heavy atom. The molecule has 1 atom stereocenters. The van der Waals surface area contributed by atoms with Crippen LogP contribution in [0.2, 0.25) is 0 Å². The molecule has 0 saturated heterocycles. The van der Waals surface area contributed by atoms with Crippen molar-refractivity contribution in [2.45, 2.75) is 31.6 Å². The average Bonchev–Trinajstić information content (AvgIpc) is 2.27. The van der Waals surface area contributed by atoms with Crippen molar-refractivity contribution in [3.63, 3.8) is 0 Å².